The molecule has 1 aromatic carbocycles. The lowest BCUT2D eigenvalue weighted by atomic mass is 10.2. The Morgan fingerprint density at radius 1 is 1.36 bits per heavy atom. The van der Waals surface area contributed by atoms with Crippen LogP contribution in [0.15, 0.2) is 39.7 Å². The summed E-state index contributed by atoms with van der Waals surface area (Å²) >= 11 is 14.7. The highest BCUT2D eigenvalue weighted by Gasteiger charge is 2.30. The summed E-state index contributed by atoms with van der Waals surface area (Å²) in [5.74, 6) is -0.119. The van der Waals surface area contributed by atoms with E-state index in [1.54, 1.807) is 37.5 Å². The Hall–Kier alpha value is -1.34. The lowest BCUT2D eigenvalue weighted by molar-refractivity contribution is -0.121. The van der Waals surface area contributed by atoms with Gasteiger partial charge in [-0.15, -0.1) is 11.3 Å². The molecule has 0 saturated carbocycles. The Morgan fingerprint density at radius 3 is 2.86 bits per heavy atom. The smallest absolute Gasteiger partial charge is 0.266 e. The second kappa shape index (κ2) is 6.42. The number of amides is 1. The van der Waals surface area contributed by atoms with Crippen molar-refractivity contribution in [2.75, 3.05) is 7.05 Å². The molecular formula is C14H9Cl2N3OS2. The maximum absolute atomic E-state index is 12.3. The SMILES string of the molecule is CN1C(=O)/C(=C/c2ccc(Cl)cc2Cl)S/C1=N/c1nccs1. The van der Waals surface area contributed by atoms with Crippen molar-refractivity contribution in [3.63, 3.8) is 0 Å². The Bertz CT molecular complexity index is 787. The molecule has 0 aliphatic carbocycles. The number of carbonyl (C=O) groups excluding carboxylic acids is 1. The molecule has 1 fully saturated rings. The number of amidine groups is 1. The zero-order chi connectivity index (χ0) is 15.7. The van der Waals surface area contributed by atoms with Gasteiger partial charge in [-0.1, -0.05) is 29.3 Å². The topological polar surface area (TPSA) is 45.6 Å². The molecule has 8 heteroatoms. The molecule has 112 valence electrons. The van der Waals surface area contributed by atoms with Crippen LogP contribution in [0.1, 0.15) is 5.56 Å². The summed E-state index contributed by atoms with van der Waals surface area (Å²) in [6.45, 7) is 0. The molecule has 1 aliphatic rings. The summed E-state index contributed by atoms with van der Waals surface area (Å²) in [6.07, 6.45) is 3.42. The first-order valence-electron chi connectivity index (χ1n) is 6.15. The van der Waals surface area contributed by atoms with E-state index in [1.807, 2.05) is 5.38 Å². The van der Waals surface area contributed by atoms with E-state index in [9.17, 15) is 4.79 Å². The summed E-state index contributed by atoms with van der Waals surface area (Å²) in [6, 6.07) is 5.16. The van der Waals surface area contributed by atoms with Crippen molar-refractivity contribution >= 4 is 68.6 Å². The summed E-state index contributed by atoms with van der Waals surface area (Å²) in [5.41, 5.74) is 0.741. The first-order chi connectivity index (χ1) is 10.5. The van der Waals surface area contributed by atoms with Crippen molar-refractivity contribution in [3.8, 4) is 0 Å². The molecule has 0 spiro atoms. The number of carbonyl (C=O) groups is 1. The van der Waals surface area contributed by atoms with E-state index in [4.69, 9.17) is 23.2 Å². The van der Waals surface area contributed by atoms with Gasteiger partial charge >= 0.3 is 0 Å². The molecule has 1 aromatic heterocycles. The van der Waals surface area contributed by atoms with E-state index in [0.29, 0.717) is 25.2 Å². The third kappa shape index (κ3) is 3.20. The highest BCUT2D eigenvalue weighted by atomic mass is 35.5. The van der Waals surface area contributed by atoms with E-state index in [1.165, 1.54) is 28.0 Å². The summed E-state index contributed by atoms with van der Waals surface area (Å²) in [7, 11) is 1.69. The van der Waals surface area contributed by atoms with Crippen LogP contribution in [-0.4, -0.2) is 28.0 Å². The van der Waals surface area contributed by atoms with Crippen molar-refractivity contribution in [1.82, 2.24) is 9.88 Å². The summed E-state index contributed by atoms with van der Waals surface area (Å²) in [4.78, 5) is 22.8. The quantitative estimate of drug-likeness (QED) is 0.721. The van der Waals surface area contributed by atoms with Gasteiger partial charge in [0.25, 0.3) is 5.91 Å². The van der Waals surface area contributed by atoms with Gasteiger partial charge < -0.3 is 0 Å². The van der Waals surface area contributed by atoms with Crippen LogP contribution < -0.4 is 0 Å². The number of nitrogens with zero attached hydrogens (tertiary/aromatic N) is 3. The molecule has 1 aliphatic heterocycles. The van der Waals surface area contributed by atoms with Gasteiger partial charge in [-0.3, -0.25) is 9.69 Å². The molecule has 0 N–H and O–H groups in total. The second-order valence-electron chi connectivity index (χ2n) is 4.35. The lowest BCUT2D eigenvalue weighted by Crippen LogP contribution is -2.23. The Balaban J connectivity index is 1.92. The minimum absolute atomic E-state index is 0.119. The molecule has 1 saturated heterocycles. The van der Waals surface area contributed by atoms with Crippen LogP contribution in [0.5, 0.6) is 0 Å². The van der Waals surface area contributed by atoms with Gasteiger partial charge in [0.2, 0.25) is 5.13 Å². The highest BCUT2D eigenvalue weighted by Crippen LogP contribution is 2.34. The molecule has 0 bridgehead atoms. The predicted molar refractivity (Wildman–Crippen MR) is 94.0 cm³/mol. The molecule has 22 heavy (non-hydrogen) atoms. The number of rotatable bonds is 2. The van der Waals surface area contributed by atoms with Crippen molar-refractivity contribution in [2.24, 2.45) is 4.99 Å². The highest BCUT2D eigenvalue weighted by molar-refractivity contribution is 8.18. The number of aromatic nitrogens is 1. The minimum atomic E-state index is -0.119. The monoisotopic (exact) mass is 369 g/mol. The van der Waals surface area contributed by atoms with Crippen molar-refractivity contribution in [2.45, 2.75) is 0 Å². The van der Waals surface area contributed by atoms with Crippen LogP contribution in [-0.2, 0) is 4.79 Å². The van der Waals surface area contributed by atoms with Crippen LogP contribution in [0.4, 0.5) is 5.13 Å². The third-order valence-corrected chi connectivity index (χ3v) is 5.15. The van der Waals surface area contributed by atoms with Gasteiger partial charge in [-0.25, -0.2) is 4.98 Å². The molecule has 0 unspecified atom stereocenters. The van der Waals surface area contributed by atoms with Gasteiger partial charge in [0.1, 0.15) is 0 Å². The molecule has 0 radical (unpaired) electrons. The second-order valence-corrected chi connectivity index (χ2v) is 7.08. The minimum Gasteiger partial charge on any atom is -0.289 e. The van der Waals surface area contributed by atoms with Gasteiger partial charge in [0.05, 0.1) is 4.91 Å². The van der Waals surface area contributed by atoms with Gasteiger partial charge in [0, 0.05) is 28.7 Å². The van der Waals surface area contributed by atoms with E-state index in [-0.39, 0.29) is 5.91 Å². The summed E-state index contributed by atoms with van der Waals surface area (Å²) in [5, 5.41) is 4.11. The zero-order valence-corrected chi connectivity index (χ0v) is 14.4. The van der Waals surface area contributed by atoms with E-state index in [0.717, 1.165) is 5.56 Å². The van der Waals surface area contributed by atoms with Crippen molar-refractivity contribution in [3.05, 3.63) is 50.3 Å². The number of hydrogen-bond donors (Lipinski definition) is 0. The normalized spacial score (nSPS) is 18.7. The number of likely N-dealkylation sites (N-methyl/N-ethyl adjacent to an activating group) is 1. The molecule has 3 rings (SSSR count). The number of thioether (sulfide) groups is 1. The van der Waals surface area contributed by atoms with Crippen molar-refractivity contribution < 1.29 is 4.79 Å². The molecular weight excluding hydrogens is 361 g/mol. The van der Waals surface area contributed by atoms with Gasteiger partial charge in [0.15, 0.2) is 5.17 Å². The van der Waals surface area contributed by atoms with Gasteiger partial charge in [-0.05, 0) is 35.5 Å². The number of benzene rings is 1. The van der Waals surface area contributed by atoms with Crippen LogP contribution >= 0.6 is 46.3 Å². The third-order valence-electron chi connectivity index (χ3n) is 2.86. The van der Waals surface area contributed by atoms with Gasteiger partial charge in [-0.2, -0.15) is 4.99 Å². The van der Waals surface area contributed by atoms with Crippen LogP contribution in [0.3, 0.4) is 0 Å². The lowest BCUT2D eigenvalue weighted by Gasteiger charge is -2.05. The average Bonchev–Trinajstić information content (AvgIpc) is 3.07. The fourth-order valence-electron chi connectivity index (χ4n) is 1.76. The molecule has 0 atom stereocenters. The first kappa shape index (κ1) is 15.6. The Morgan fingerprint density at radius 2 is 2.18 bits per heavy atom. The van der Waals surface area contributed by atoms with Crippen molar-refractivity contribution in [1.29, 1.82) is 0 Å². The molecule has 4 nitrogen and oxygen atoms in total. The largest absolute Gasteiger partial charge is 0.289 e. The summed E-state index contributed by atoms with van der Waals surface area (Å²) < 4.78 is 0. The molecule has 1 amide bonds. The maximum Gasteiger partial charge on any atom is 0.266 e. The Kier molecular flexibility index (Phi) is 4.54. The van der Waals surface area contributed by atoms with E-state index >= 15 is 0 Å². The standard InChI is InChI=1S/C14H9Cl2N3OS2/c1-19-12(20)11(6-8-2-3-9(15)7-10(8)16)22-14(19)18-13-17-4-5-21-13/h2-7H,1H3/b11-6-,18-14+. The van der Waals surface area contributed by atoms with E-state index in [2.05, 4.69) is 9.98 Å². The first-order valence-corrected chi connectivity index (χ1v) is 8.60. The fraction of sp³-hybridized carbons (Fsp3) is 0.0714. The number of hydrogen-bond acceptors (Lipinski definition) is 5. The maximum atomic E-state index is 12.3. The predicted octanol–water partition coefficient (Wildman–Crippen LogP) is 4.68. The Labute approximate surface area is 145 Å². The average molecular weight is 370 g/mol. The zero-order valence-electron chi connectivity index (χ0n) is 11.3. The molecule has 2 aromatic rings. The van der Waals surface area contributed by atoms with Crippen LogP contribution in [0, 0.1) is 0 Å². The van der Waals surface area contributed by atoms with Crippen LogP contribution in [0.2, 0.25) is 10.0 Å². The number of thiazole rings is 1. The van der Waals surface area contributed by atoms with E-state index < -0.39 is 0 Å². The van der Waals surface area contributed by atoms with Crippen LogP contribution in [0.25, 0.3) is 6.08 Å². The molecule has 2 heterocycles. The fourth-order valence-corrected chi connectivity index (χ4v) is 3.75. The number of aliphatic imine (C=N–C) groups is 1. The number of halogens is 2.